The summed E-state index contributed by atoms with van der Waals surface area (Å²) in [4.78, 5) is 46.1. The zero-order valence-corrected chi connectivity index (χ0v) is 49.5. The van der Waals surface area contributed by atoms with E-state index in [0.717, 1.165) is 136 Å². The quantitative estimate of drug-likeness (QED) is 0.0461. The van der Waals surface area contributed by atoms with Crippen molar-refractivity contribution in [3.63, 3.8) is 0 Å². The number of phenolic OH excluding ortho intramolecular Hbond substituents is 1. The summed E-state index contributed by atoms with van der Waals surface area (Å²) < 4.78 is 27.6. The van der Waals surface area contributed by atoms with Crippen molar-refractivity contribution >= 4 is 72.1 Å². The molecule has 8 heterocycles. The van der Waals surface area contributed by atoms with E-state index in [2.05, 4.69) is 101 Å². The fourth-order valence-corrected chi connectivity index (χ4v) is 13.5. The van der Waals surface area contributed by atoms with E-state index in [1.165, 1.54) is 79.5 Å². The molecule has 0 saturated heterocycles. The van der Waals surface area contributed by atoms with Crippen LogP contribution in [-0.4, -0.2) is 115 Å². The highest BCUT2D eigenvalue weighted by atomic mass is 16.6. The number of benzene rings is 6. The zero-order valence-electron chi connectivity index (χ0n) is 49.5. The predicted octanol–water partition coefficient (Wildman–Crippen LogP) is 13.5. The van der Waals surface area contributed by atoms with Crippen molar-refractivity contribution < 1.29 is 33.7 Å². The molecule has 4 aliphatic rings. The molecule has 0 aliphatic carbocycles. The van der Waals surface area contributed by atoms with Crippen LogP contribution in [0.25, 0.3) is 43.6 Å². The summed E-state index contributed by atoms with van der Waals surface area (Å²) in [6.45, 7) is 7.13. The summed E-state index contributed by atoms with van der Waals surface area (Å²) >= 11 is 0. The van der Waals surface area contributed by atoms with E-state index in [9.17, 15) is 15.2 Å². The van der Waals surface area contributed by atoms with Crippen LogP contribution in [0.5, 0.6) is 34.5 Å². The molecule has 4 aromatic heterocycles. The third kappa shape index (κ3) is 10.3. The Bertz CT molecular complexity index is 4460. The third-order valence-corrected chi connectivity index (χ3v) is 17.8. The number of nitro groups is 1. The van der Waals surface area contributed by atoms with Crippen LogP contribution >= 0.6 is 0 Å². The molecule has 2 unspecified atom stereocenters. The summed E-state index contributed by atoms with van der Waals surface area (Å²) in [6, 6.07) is 34.9. The summed E-state index contributed by atoms with van der Waals surface area (Å²) in [5.41, 5.74) is 21.8. The molecule has 86 heavy (non-hydrogen) atoms. The summed E-state index contributed by atoms with van der Waals surface area (Å²) in [5.74, 6) is 2.56. The van der Waals surface area contributed by atoms with Gasteiger partial charge in [0.25, 0.3) is 0 Å². The van der Waals surface area contributed by atoms with Gasteiger partial charge in [0.2, 0.25) is 5.75 Å². The number of hydrogen-bond acceptors (Lipinski definition) is 12. The maximum Gasteiger partial charge on any atom is 0.314 e. The van der Waals surface area contributed by atoms with Crippen LogP contribution in [0.1, 0.15) is 105 Å². The molecule has 10 aromatic rings. The predicted molar refractivity (Wildman–Crippen MR) is 341 cm³/mol. The van der Waals surface area contributed by atoms with E-state index in [0.29, 0.717) is 31.5 Å². The minimum atomic E-state index is -0.573. The number of phenols is 1. The van der Waals surface area contributed by atoms with Crippen LogP contribution in [0, 0.1) is 24.0 Å². The number of hydrogen-bond donors (Lipinski definition) is 5. The lowest BCUT2D eigenvalue weighted by molar-refractivity contribution is -0.386. The Hall–Kier alpha value is -9.64. The Morgan fingerprint density at radius 3 is 1.21 bits per heavy atom. The molecule has 0 saturated carbocycles. The van der Waals surface area contributed by atoms with Gasteiger partial charge in [-0.15, -0.1) is 0 Å². The molecule has 0 fully saturated rings. The number of fused-ring (bicyclic) bond motifs is 12. The maximum absolute atomic E-state index is 12.0. The topological polar surface area (TPSA) is 222 Å². The lowest BCUT2D eigenvalue weighted by Gasteiger charge is -2.24. The molecule has 0 amide bonds. The van der Waals surface area contributed by atoms with Gasteiger partial charge in [0.1, 0.15) is 11.5 Å². The first-order valence-electron chi connectivity index (χ1n) is 29.4. The van der Waals surface area contributed by atoms with Gasteiger partial charge in [-0.3, -0.25) is 30.1 Å². The van der Waals surface area contributed by atoms with Gasteiger partial charge in [0.05, 0.1) is 86.1 Å². The number of nitro benzene ring substituents is 1. The second kappa shape index (κ2) is 23.1. The van der Waals surface area contributed by atoms with E-state index in [4.69, 9.17) is 43.7 Å². The molecule has 4 aliphatic heterocycles. The van der Waals surface area contributed by atoms with Gasteiger partial charge in [-0.25, -0.2) is 0 Å². The summed E-state index contributed by atoms with van der Waals surface area (Å²) in [6.07, 6.45) is 6.14. The number of ether oxygens (including phenoxy) is 5. The molecular weight excluding hydrogens is 1080 g/mol. The van der Waals surface area contributed by atoms with Crippen molar-refractivity contribution in [2.45, 2.75) is 77.0 Å². The molecule has 14 rings (SSSR count). The molecule has 17 nitrogen and oxygen atoms in total. The van der Waals surface area contributed by atoms with Gasteiger partial charge in [0, 0.05) is 88.0 Å². The number of aliphatic imine (C=N–C) groups is 4. The first-order chi connectivity index (χ1) is 41.9. The molecule has 17 heteroatoms. The highest BCUT2D eigenvalue weighted by molar-refractivity contribution is 6.11. The minimum Gasteiger partial charge on any atom is -0.500 e. The fourth-order valence-electron chi connectivity index (χ4n) is 13.5. The van der Waals surface area contributed by atoms with E-state index >= 15 is 0 Å². The molecule has 438 valence electrons. The standard InChI is InChI=1S/C35H36N4O3.C34H33N5O5/c1-20-5-8-24-26-11-13-36-30(34(26)38-28(24)15-20)16-22(21-6-10-32(41-3)33(18-21)42-4)17-31-35-27(12-14-37-31)25-9-7-23(40-2)19-29(25)39-35;1-18-4-6-22-24-8-10-35-28(32(24)37-26(22)12-18)13-19(20-15-30(39(41)42)34(40)31(16-20)44-3)14-29-33-25(9-11-36-29)23-7-5-21(43-2)17-27(23)38-33/h5-10,15,18-19,22,38-39H,11-14,16-17H2,1-4H3;4-7,12,15-17,19,37-38,40H,8-11,13-14H2,1-3H3. The van der Waals surface area contributed by atoms with Gasteiger partial charge < -0.3 is 48.7 Å². The highest BCUT2D eigenvalue weighted by Crippen LogP contribution is 2.44. The number of H-pyrrole nitrogens is 4. The van der Waals surface area contributed by atoms with Crippen LogP contribution in [0.3, 0.4) is 0 Å². The van der Waals surface area contributed by atoms with Crippen molar-refractivity contribution in [2.75, 3.05) is 61.7 Å². The van der Waals surface area contributed by atoms with Gasteiger partial charge in [-0.1, -0.05) is 30.3 Å². The Morgan fingerprint density at radius 2 is 0.826 bits per heavy atom. The Labute approximate surface area is 497 Å². The van der Waals surface area contributed by atoms with E-state index < -0.39 is 10.7 Å². The van der Waals surface area contributed by atoms with Gasteiger partial charge in [0.15, 0.2) is 17.2 Å². The molecule has 2 atom stereocenters. The normalized spacial score (nSPS) is 15.1. The van der Waals surface area contributed by atoms with E-state index in [1.807, 2.05) is 24.3 Å². The SMILES string of the molecule is COc1ccc2c3c([nH]c2c1)C(CC(CC1=NCCc2c1[nH]c1cc(C)ccc21)c1cc(OC)c(O)c([N+](=O)[O-])c1)=NCC3.COc1ccc2c3c([nH]c2c1)C(CC(CC1=NCCc2c1[nH]c1cc(C)ccc21)c1ccc(OC)c(OC)c1)=NCC3. The van der Waals surface area contributed by atoms with Gasteiger partial charge in [-0.2, -0.15) is 0 Å². The monoisotopic (exact) mass is 1150 g/mol. The molecule has 0 bridgehead atoms. The van der Waals surface area contributed by atoms with Crippen LogP contribution in [-0.2, 0) is 25.7 Å². The Morgan fingerprint density at radius 1 is 0.453 bits per heavy atom. The smallest absolute Gasteiger partial charge is 0.314 e. The number of aromatic amines is 4. The number of rotatable bonds is 16. The number of aryl methyl sites for hydroxylation is 2. The first-order valence-corrected chi connectivity index (χ1v) is 29.4. The fraction of sp³-hybridized carbons (Fsp3) is 0.304. The second-order valence-electron chi connectivity index (χ2n) is 22.8. The number of methoxy groups -OCH3 is 5. The second-order valence-corrected chi connectivity index (χ2v) is 22.8. The van der Waals surface area contributed by atoms with Gasteiger partial charge in [-0.05, 0) is 176 Å². The molecular formula is C69H69N9O8. The number of aromatic hydroxyl groups is 1. The molecule has 5 N–H and O–H groups in total. The average molecular weight is 1150 g/mol. The number of nitrogens with zero attached hydrogens (tertiary/aromatic N) is 5. The zero-order chi connectivity index (χ0) is 59.3. The van der Waals surface area contributed by atoms with Crippen LogP contribution < -0.4 is 23.7 Å². The van der Waals surface area contributed by atoms with Crippen LogP contribution in [0.4, 0.5) is 5.69 Å². The third-order valence-electron chi connectivity index (χ3n) is 17.8. The van der Waals surface area contributed by atoms with E-state index in [1.54, 1.807) is 34.5 Å². The summed E-state index contributed by atoms with van der Waals surface area (Å²) in [5, 5.41) is 27.4. The molecule has 0 spiro atoms. The Kier molecular flexibility index (Phi) is 14.9. The van der Waals surface area contributed by atoms with Gasteiger partial charge >= 0.3 is 5.69 Å². The number of aromatic nitrogens is 4. The van der Waals surface area contributed by atoms with Crippen molar-refractivity contribution in [1.82, 2.24) is 19.9 Å². The largest absolute Gasteiger partial charge is 0.500 e. The van der Waals surface area contributed by atoms with E-state index in [-0.39, 0.29) is 23.3 Å². The summed E-state index contributed by atoms with van der Waals surface area (Å²) in [7, 11) is 8.13. The van der Waals surface area contributed by atoms with Crippen LogP contribution in [0.15, 0.2) is 123 Å². The van der Waals surface area contributed by atoms with Crippen molar-refractivity contribution in [3.05, 3.63) is 181 Å². The molecule has 0 radical (unpaired) electrons. The van der Waals surface area contributed by atoms with Crippen molar-refractivity contribution in [1.29, 1.82) is 0 Å². The first kappa shape index (κ1) is 55.5. The lowest BCUT2D eigenvalue weighted by atomic mass is 9.84. The van der Waals surface area contributed by atoms with Crippen molar-refractivity contribution in [2.24, 2.45) is 20.0 Å². The lowest BCUT2D eigenvalue weighted by Crippen LogP contribution is -2.20. The molecule has 6 aromatic carbocycles. The van der Waals surface area contributed by atoms with Crippen LogP contribution in [0.2, 0.25) is 0 Å². The average Bonchev–Trinajstić information content (AvgIpc) is 1.88. The maximum atomic E-state index is 12.0. The van der Waals surface area contributed by atoms with Crippen molar-refractivity contribution in [3.8, 4) is 34.5 Å². The number of nitrogens with one attached hydrogen (secondary N) is 4. The highest BCUT2D eigenvalue weighted by Gasteiger charge is 2.32. The minimum absolute atomic E-state index is 0.0653. The Balaban J connectivity index is 0.000000160.